The minimum Gasteiger partial charge on any atom is -0.481 e. The second-order valence-electron chi connectivity index (χ2n) is 6.06. The van der Waals surface area contributed by atoms with Gasteiger partial charge in [-0.05, 0) is 51.2 Å². The predicted octanol–water partition coefficient (Wildman–Crippen LogP) is 3.33. The van der Waals surface area contributed by atoms with E-state index in [1.165, 1.54) is 12.0 Å². The lowest BCUT2D eigenvalue weighted by molar-refractivity contribution is -0.139. The summed E-state index contributed by atoms with van der Waals surface area (Å²) in [6.07, 6.45) is 1.90. The van der Waals surface area contributed by atoms with Crippen LogP contribution in [0.5, 0.6) is 5.75 Å². The van der Waals surface area contributed by atoms with Gasteiger partial charge >= 0.3 is 0 Å². The quantitative estimate of drug-likeness (QED) is 0.847. The second kappa shape index (κ2) is 6.29. The summed E-state index contributed by atoms with van der Waals surface area (Å²) in [5, 5.41) is 0. The third-order valence-electron chi connectivity index (χ3n) is 3.95. The van der Waals surface area contributed by atoms with Crippen molar-refractivity contribution in [3.8, 4) is 5.75 Å². The molecule has 110 valence electrons. The Morgan fingerprint density at radius 2 is 2.15 bits per heavy atom. The summed E-state index contributed by atoms with van der Waals surface area (Å²) in [6.45, 7) is 9.85. The summed E-state index contributed by atoms with van der Waals surface area (Å²) in [7, 11) is 0. The van der Waals surface area contributed by atoms with Crippen LogP contribution in [0.4, 0.5) is 0 Å². The lowest BCUT2D eigenvalue weighted by Crippen LogP contribution is -2.45. The number of aryl methyl sites for hydroxylation is 2. The Bertz CT molecular complexity index is 484. The number of benzene rings is 1. The Labute approximate surface area is 121 Å². The van der Waals surface area contributed by atoms with Crippen molar-refractivity contribution in [1.29, 1.82) is 0 Å². The summed E-state index contributed by atoms with van der Waals surface area (Å²) in [4.78, 5) is 14.4. The van der Waals surface area contributed by atoms with Crippen molar-refractivity contribution in [1.82, 2.24) is 4.90 Å². The van der Waals surface area contributed by atoms with Gasteiger partial charge in [0.25, 0.3) is 5.91 Å². The van der Waals surface area contributed by atoms with Crippen LogP contribution < -0.4 is 4.74 Å². The van der Waals surface area contributed by atoms with Crippen LogP contribution in [0.1, 0.15) is 37.8 Å². The van der Waals surface area contributed by atoms with E-state index in [0.29, 0.717) is 5.92 Å². The highest BCUT2D eigenvalue weighted by atomic mass is 16.5. The Morgan fingerprint density at radius 1 is 1.40 bits per heavy atom. The molecule has 1 aliphatic heterocycles. The first-order valence-corrected chi connectivity index (χ1v) is 7.50. The number of ether oxygens (including phenoxy) is 1. The van der Waals surface area contributed by atoms with E-state index in [0.717, 1.165) is 30.8 Å². The van der Waals surface area contributed by atoms with Gasteiger partial charge in [-0.2, -0.15) is 0 Å². The maximum atomic E-state index is 12.4. The zero-order valence-corrected chi connectivity index (χ0v) is 13.0. The molecule has 3 nitrogen and oxygen atoms in total. The number of hydrogen-bond acceptors (Lipinski definition) is 2. The fourth-order valence-electron chi connectivity index (χ4n) is 2.82. The van der Waals surface area contributed by atoms with E-state index in [-0.39, 0.29) is 5.91 Å². The van der Waals surface area contributed by atoms with E-state index in [1.54, 1.807) is 0 Å². The van der Waals surface area contributed by atoms with Crippen molar-refractivity contribution >= 4 is 5.91 Å². The van der Waals surface area contributed by atoms with Gasteiger partial charge in [0, 0.05) is 13.1 Å². The molecule has 1 saturated heterocycles. The van der Waals surface area contributed by atoms with Crippen molar-refractivity contribution in [2.75, 3.05) is 13.1 Å². The minimum atomic E-state index is -0.415. The number of hydrogen-bond donors (Lipinski definition) is 0. The highest BCUT2D eigenvalue weighted by Gasteiger charge is 2.26. The molecule has 1 fully saturated rings. The van der Waals surface area contributed by atoms with Crippen LogP contribution in [0.2, 0.25) is 0 Å². The summed E-state index contributed by atoms with van der Waals surface area (Å²) < 4.78 is 5.86. The zero-order valence-electron chi connectivity index (χ0n) is 13.0. The number of amides is 1. The highest BCUT2D eigenvalue weighted by molar-refractivity contribution is 5.81. The molecule has 20 heavy (non-hydrogen) atoms. The number of carbonyl (C=O) groups is 1. The van der Waals surface area contributed by atoms with Gasteiger partial charge in [0.15, 0.2) is 6.10 Å². The van der Waals surface area contributed by atoms with Crippen LogP contribution >= 0.6 is 0 Å². The first-order chi connectivity index (χ1) is 9.47. The lowest BCUT2D eigenvalue weighted by atomic mass is 10.00. The maximum Gasteiger partial charge on any atom is 0.263 e. The van der Waals surface area contributed by atoms with Crippen LogP contribution in [-0.4, -0.2) is 30.0 Å². The molecule has 0 aromatic heterocycles. The molecule has 1 amide bonds. The van der Waals surface area contributed by atoms with Gasteiger partial charge in [-0.25, -0.2) is 0 Å². The molecule has 1 aliphatic rings. The third kappa shape index (κ3) is 3.53. The third-order valence-corrected chi connectivity index (χ3v) is 3.95. The van der Waals surface area contributed by atoms with E-state index in [4.69, 9.17) is 4.74 Å². The van der Waals surface area contributed by atoms with Gasteiger partial charge in [-0.3, -0.25) is 4.79 Å². The normalized spacial score (nSPS) is 20.6. The molecule has 0 aliphatic carbocycles. The molecule has 0 bridgehead atoms. The molecule has 0 spiro atoms. The Hall–Kier alpha value is -1.51. The van der Waals surface area contributed by atoms with E-state index in [9.17, 15) is 4.79 Å². The van der Waals surface area contributed by atoms with Crippen LogP contribution in [0.15, 0.2) is 18.2 Å². The van der Waals surface area contributed by atoms with Crippen molar-refractivity contribution < 1.29 is 9.53 Å². The first-order valence-electron chi connectivity index (χ1n) is 7.50. The van der Waals surface area contributed by atoms with Crippen LogP contribution in [0, 0.1) is 19.8 Å². The topological polar surface area (TPSA) is 29.5 Å². The molecule has 1 aromatic rings. The zero-order chi connectivity index (χ0) is 14.7. The van der Waals surface area contributed by atoms with Gasteiger partial charge in [0.2, 0.25) is 0 Å². The van der Waals surface area contributed by atoms with Crippen LogP contribution in [0.3, 0.4) is 0 Å². The van der Waals surface area contributed by atoms with Crippen LogP contribution in [0.25, 0.3) is 0 Å². The van der Waals surface area contributed by atoms with E-state index in [1.807, 2.05) is 30.9 Å². The average Bonchev–Trinajstić information content (AvgIpc) is 2.41. The molecule has 0 saturated carbocycles. The summed E-state index contributed by atoms with van der Waals surface area (Å²) in [5.74, 6) is 1.51. The highest BCUT2D eigenvalue weighted by Crippen LogP contribution is 2.22. The van der Waals surface area contributed by atoms with E-state index in [2.05, 4.69) is 19.9 Å². The molecule has 3 heteroatoms. The number of likely N-dealkylation sites (tertiary alicyclic amines) is 1. The molecule has 1 aromatic carbocycles. The standard InChI is InChI=1S/C17H25NO2/c1-12-7-8-16(14(3)10-12)20-15(4)17(19)18-9-5-6-13(2)11-18/h7-8,10,13,15H,5-6,9,11H2,1-4H3/t13-,15+/m1/s1. The molecule has 0 N–H and O–H groups in total. The van der Waals surface area contributed by atoms with Crippen molar-refractivity contribution in [2.45, 2.75) is 46.6 Å². The first kappa shape index (κ1) is 14.9. The number of nitrogens with zero attached hydrogens (tertiary/aromatic N) is 1. The summed E-state index contributed by atoms with van der Waals surface area (Å²) in [6, 6.07) is 6.05. The van der Waals surface area contributed by atoms with E-state index < -0.39 is 6.10 Å². The van der Waals surface area contributed by atoms with E-state index >= 15 is 0 Å². The molecule has 1 heterocycles. The fraction of sp³-hybridized carbons (Fsp3) is 0.588. The summed E-state index contributed by atoms with van der Waals surface area (Å²) >= 11 is 0. The average molecular weight is 275 g/mol. The summed E-state index contributed by atoms with van der Waals surface area (Å²) in [5.41, 5.74) is 2.29. The van der Waals surface area contributed by atoms with Crippen LogP contribution in [-0.2, 0) is 4.79 Å². The Kier molecular flexibility index (Phi) is 4.69. The monoisotopic (exact) mass is 275 g/mol. The minimum absolute atomic E-state index is 0.108. The number of carbonyl (C=O) groups excluding carboxylic acids is 1. The van der Waals surface area contributed by atoms with Crippen molar-refractivity contribution in [2.24, 2.45) is 5.92 Å². The molecular weight excluding hydrogens is 250 g/mol. The van der Waals surface area contributed by atoms with Gasteiger partial charge < -0.3 is 9.64 Å². The fourth-order valence-corrected chi connectivity index (χ4v) is 2.82. The van der Waals surface area contributed by atoms with Crippen molar-refractivity contribution in [3.63, 3.8) is 0 Å². The Balaban J connectivity index is 2.00. The molecule has 0 radical (unpaired) electrons. The molecule has 2 rings (SSSR count). The van der Waals surface area contributed by atoms with Gasteiger partial charge in [-0.15, -0.1) is 0 Å². The largest absolute Gasteiger partial charge is 0.481 e. The number of piperidine rings is 1. The lowest BCUT2D eigenvalue weighted by Gasteiger charge is -2.32. The van der Waals surface area contributed by atoms with Gasteiger partial charge in [0.1, 0.15) is 5.75 Å². The molecular formula is C17H25NO2. The SMILES string of the molecule is Cc1ccc(O[C@@H](C)C(=O)N2CCC[C@@H](C)C2)c(C)c1. The predicted molar refractivity (Wildman–Crippen MR) is 81.0 cm³/mol. The molecule has 0 unspecified atom stereocenters. The number of rotatable bonds is 3. The van der Waals surface area contributed by atoms with Gasteiger partial charge in [-0.1, -0.05) is 24.6 Å². The Morgan fingerprint density at radius 3 is 2.80 bits per heavy atom. The van der Waals surface area contributed by atoms with Crippen molar-refractivity contribution in [3.05, 3.63) is 29.3 Å². The maximum absolute atomic E-state index is 12.4. The smallest absolute Gasteiger partial charge is 0.263 e. The van der Waals surface area contributed by atoms with Gasteiger partial charge in [0.05, 0.1) is 0 Å². The second-order valence-corrected chi connectivity index (χ2v) is 6.06. The molecule has 2 atom stereocenters.